The summed E-state index contributed by atoms with van der Waals surface area (Å²) in [6.45, 7) is 22.3. The Bertz CT molecular complexity index is 2980. The number of benzene rings is 2. The average Bonchev–Trinajstić information content (AvgIpc) is 1.49. The quantitative estimate of drug-likeness (QED) is 0.0304. The molecule has 2 aliphatic rings. The molecule has 4 rings (SSSR count). The molecule has 0 bridgehead atoms. The van der Waals surface area contributed by atoms with Crippen LogP contribution in [0.1, 0.15) is 171 Å². The number of hydrogen-bond donors (Lipinski definition) is 9. The molecule has 13 atom stereocenters. The lowest BCUT2D eigenvalue weighted by molar-refractivity contribution is -0.150. The molecule has 0 aromatic heterocycles. The van der Waals surface area contributed by atoms with Crippen molar-refractivity contribution in [3.63, 3.8) is 0 Å². The molecule has 27 nitrogen and oxygen atoms in total. The number of aliphatic hydroxyl groups excluding tert-OH is 2. The number of nitrogens with zero attached hydrogens (tertiary/aromatic N) is 4. The zero-order chi connectivity index (χ0) is 73.5. The first-order valence-corrected chi connectivity index (χ1v) is 34.5. The molecular formula is C71H113N11O16. The van der Waals surface area contributed by atoms with Gasteiger partial charge in [-0.05, 0) is 97.8 Å². The summed E-state index contributed by atoms with van der Waals surface area (Å²) in [6.07, 6.45) is -1.98. The van der Waals surface area contributed by atoms with E-state index in [9.17, 15) is 63.0 Å². The number of ether oxygens (including phenoxy) is 3. The van der Waals surface area contributed by atoms with Gasteiger partial charge in [0.15, 0.2) is 6.10 Å². The van der Waals surface area contributed by atoms with Crippen molar-refractivity contribution < 1.29 is 77.2 Å². The number of carbonyl (C=O) groups excluding carboxylic acids is 11. The van der Waals surface area contributed by atoms with Crippen molar-refractivity contribution in [1.29, 1.82) is 0 Å². The highest BCUT2D eigenvalue weighted by molar-refractivity contribution is 6.04. The van der Waals surface area contributed by atoms with Crippen molar-refractivity contribution in [1.82, 2.24) is 46.2 Å². The molecule has 0 radical (unpaired) electrons. The van der Waals surface area contributed by atoms with E-state index in [0.717, 1.165) is 4.90 Å². The summed E-state index contributed by atoms with van der Waals surface area (Å²) in [5, 5.41) is 38.7. The number of imide groups is 1. The second-order valence-corrected chi connectivity index (χ2v) is 28.3. The van der Waals surface area contributed by atoms with Gasteiger partial charge in [-0.1, -0.05) is 131 Å². The Hall–Kier alpha value is -7.75. The number of methoxy groups -OCH3 is 2. The maximum Gasteiger partial charge on any atom is 0.410 e. The van der Waals surface area contributed by atoms with Crippen LogP contribution in [0, 0.1) is 35.0 Å². The van der Waals surface area contributed by atoms with Crippen molar-refractivity contribution in [3.8, 4) is 0 Å². The number of amides is 12. The van der Waals surface area contributed by atoms with Crippen molar-refractivity contribution >= 4 is 71.0 Å². The fourth-order valence-corrected chi connectivity index (χ4v) is 12.8. The number of primary amides is 1. The number of likely N-dealkylation sites (N-methyl/N-ethyl adjacent to an activating group) is 2. The van der Waals surface area contributed by atoms with Gasteiger partial charge in [0.25, 0.3) is 5.91 Å². The molecule has 2 aliphatic heterocycles. The number of aliphatic hydroxyl groups is 2. The smallest absolute Gasteiger partial charge is 0.410 e. The number of carbonyl (C=O) groups is 11. The second-order valence-electron chi connectivity index (χ2n) is 28.3. The SMILES string of the molecule is CC[C@H](C)C([C@@H](CC(=O)N1CCCC1[C@H](OC)[C@H](O)C(=O)N[C@H](C)[C@@H](O)c1ccccc1)OC)N(C)C(=O)C(NC(=O)C(C(C)C)N(C)C(=O)OCc1ccc(NC(=O)[C@H](CCCNC(N)=O)NC(=O)C(NC(=O)CCCCCN2C(=O)CC(C(C)(C)C)C2=O)C(C)C)cc1)C(C)C. The van der Waals surface area contributed by atoms with E-state index < -0.39 is 120 Å². The molecule has 0 aliphatic carbocycles. The van der Waals surface area contributed by atoms with E-state index >= 15 is 0 Å². The molecule has 2 aromatic carbocycles. The zero-order valence-corrected chi connectivity index (χ0v) is 60.5. The van der Waals surface area contributed by atoms with Crippen LogP contribution < -0.4 is 37.6 Å². The van der Waals surface area contributed by atoms with Crippen LogP contribution >= 0.6 is 0 Å². The van der Waals surface area contributed by atoms with Crippen LogP contribution in [0.25, 0.3) is 0 Å². The lowest BCUT2D eigenvalue weighted by Crippen LogP contribution is -2.60. The molecular weight excluding hydrogens is 1260 g/mol. The molecule has 12 amide bonds. The number of nitrogens with one attached hydrogen (secondary N) is 6. The third-order valence-electron chi connectivity index (χ3n) is 18.8. The predicted molar refractivity (Wildman–Crippen MR) is 369 cm³/mol. The first-order chi connectivity index (χ1) is 46.1. The fraction of sp³-hybridized carbons (Fsp3) is 0.676. The first kappa shape index (κ1) is 82.7. The maximum atomic E-state index is 14.8. The molecule has 0 saturated carbocycles. The fourth-order valence-electron chi connectivity index (χ4n) is 12.8. The Labute approximate surface area is 578 Å². The third kappa shape index (κ3) is 23.7. The summed E-state index contributed by atoms with van der Waals surface area (Å²) in [6, 6.07) is 7.94. The molecule has 2 saturated heterocycles. The summed E-state index contributed by atoms with van der Waals surface area (Å²) in [7, 11) is 5.84. The van der Waals surface area contributed by atoms with Gasteiger partial charge >= 0.3 is 12.1 Å². The van der Waals surface area contributed by atoms with Crippen molar-refractivity contribution in [2.24, 2.45) is 40.7 Å². The summed E-state index contributed by atoms with van der Waals surface area (Å²) in [4.78, 5) is 154. The number of rotatable bonds is 38. The van der Waals surface area contributed by atoms with Crippen molar-refractivity contribution in [2.75, 3.05) is 53.3 Å². The third-order valence-corrected chi connectivity index (χ3v) is 18.8. The van der Waals surface area contributed by atoms with Gasteiger partial charge in [-0.15, -0.1) is 0 Å². The number of hydrogen-bond acceptors (Lipinski definition) is 16. The minimum Gasteiger partial charge on any atom is -0.445 e. The number of likely N-dealkylation sites (tertiary alicyclic amines) is 2. The van der Waals surface area contributed by atoms with Crippen LogP contribution in [0.5, 0.6) is 0 Å². The van der Waals surface area contributed by atoms with Gasteiger partial charge in [0.1, 0.15) is 36.9 Å². The maximum absolute atomic E-state index is 14.8. The van der Waals surface area contributed by atoms with Gasteiger partial charge in [0.05, 0.1) is 42.7 Å². The Morgan fingerprint density at radius 2 is 1.38 bits per heavy atom. The number of anilines is 1. The molecule has 27 heteroatoms. The molecule has 2 heterocycles. The Morgan fingerprint density at radius 3 is 1.94 bits per heavy atom. The predicted octanol–water partition coefficient (Wildman–Crippen LogP) is 5.30. The van der Waals surface area contributed by atoms with E-state index in [0.29, 0.717) is 61.9 Å². The molecule has 10 N–H and O–H groups in total. The highest BCUT2D eigenvalue weighted by Gasteiger charge is 2.46. The van der Waals surface area contributed by atoms with E-state index in [1.165, 1.54) is 31.1 Å². The van der Waals surface area contributed by atoms with E-state index in [-0.39, 0.29) is 98.6 Å². The molecule has 98 heavy (non-hydrogen) atoms. The van der Waals surface area contributed by atoms with Crippen molar-refractivity contribution in [2.45, 2.75) is 227 Å². The lowest BCUT2D eigenvalue weighted by Gasteiger charge is -2.41. The molecule has 548 valence electrons. The van der Waals surface area contributed by atoms with E-state index in [1.54, 1.807) is 115 Å². The van der Waals surface area contributed by atoms with Gasteiger partial charge in [0.2, 0.25) is 47.3 Å². The summed E-state index contributed by atoms with van der Waals surface area (Å²) in [5.41, 5.74) is 6.36. The largest absolute Gasteiger partial charge is 0.445 e. The summed E-state index contributed by atoms with van der Waals surface area (Å²) < 4.78 is 17.5. The summed E-state index contributed by atoms with van der Waals surface area (Å²) in [5.74, 6) is -6.00. The Balaban J connectivity index is 1.37. The topological polar surface area (TPSA) is 367 Å². The summed E-state index contributed by atoms with van der Waals surface area (Å²) >= 11 is 0. The van der Waals surface area contributed by atoms with E-state index in [4.69, 9.17) is 19.9 Å². The van der Waals surface area contributed by atoms with Crippen LogP contribution in [-0.2, 0) is 64.0 Å². The highest BCUT2D eigenvalue weighted by Crippen LogP contribution is 2.36. The molecule has 2 fully saturated rings. The van der Waals surface area contributed by atoms with Crippen LogP contribution in [0.3, 0.4) is 0 Å². The molecule has 6 unspecified atom stereocenters. The number of urea groups is 1. The Morgan fingerprint density at radius 1 is 0.735 bits per heavy atom. The van der Waals surface area contributed by atoms with Crippen LogP contribution in [0.15, 0.2) is 54.6 Å². The Kier molecular flexibility index (Phi) is 33.0. The minimum absolute atomic E-state index is 0.0796. The number of nitrogens with two attached hydrogens (primary N) is 1. The highest BCUT2D eigenvalue weighted by atomic mass is 16.6. The lowest BCUT2D eigenvalue weighted by atomic mass is 9.80. The van der Waals surface area contributed by atoms with Gasteiger partial charge in [0, 0.05) is 66.5 Å². The van der Waals surface area contributed by atoms with Gasteiger partial charge < -0.3 is 71.9 Å². The minimum atomic E-state index is -1.69. The normalized spacial score (nSPS) is 18.3. The average molecular weight is 1380 g/mol. The van der Waals surface area contributed by atoms with Gasteiger partial charge in [-0.25, -0.2) is 9.59 Å². The standard InChI is InChI=1S/C71H113N11O16/c1-17-44(8)59(52(96-15)39-55(85)81-37-25-29-51(81)62(97-16)61(87)66(91)74-45(9)60(86)47-26-20-18-21-27-47)79(13)68(93)57(42(4)5)78-65(90)58(43(6)7)80(14)70(95)98-40-46-31-33-48(34-32-46)75-63(88)50(28-24-35-73-69(72)94)76-64(89)56(41(2)3)77-53(83)30-22-19-23-36-82-54(84)38-49(67(82)92)71(10,11)12/h18,20-21,26-27,31-34,41-45,49-52,56-62,86-87H,17,19,22-25,28-30,35-40H2,1-16H3,(H,74,91)(H,75,88)(H,76,89)(H,77,83)(H,78,90)(H3,72,73,94)/t44-,45+,49?,50-,51?,52+,56?,57?,58?,59?,60+,61-,62-/m0/s1. The zero-order valence-electron chi connectivity index (χ0n) is 60.5. The monoisotopic (exact) mass is 1380 g/mol. The van der Waals surface area contributed by atoms with Crippen LogP contribution in [0.2, 0.25) is 0 Å². The van der Waals surface area contributed by atoms with Crippen LogP contribution in [0.4, 0.5) is 15.3 Å². The van der Waals surface area contributed by atoms with E-state index in [1.807, 2.05) is 34.6 Å². The number of unbranched alkanes of at least 4 members (excludes halogenated alkanes) is 2. The van der Waals surface area contributed by atoms with E-state index in [2.05, 4.69) is 31.9 Å². The van der Waals surface area contributed by atoms with Gasteiger partial charge in [-0.3, -0.25) is 53.0 Å². The molecule has 0 spiro atoms. The second kappa shape index (κ2) is 39.1. The van der Waals surface area contributed by atoms with Gasteiger partial charge in [-0.2, -0.15) is 0 Å². The molecule has 2 aromatic rings. The first-order valence-electron chi connectivity index (χ1n) is 34.5. The van der Waals surface area contributed by atoms with Crippen molar-refractivity contribution in [3.05, 3.63) is 65.7 Å². The van der Waals surface area contributed by atoms with Crippen LogP contribution in [-0.4, -0.2) is 204 Å².